The predicted octanol–water partition coefficient (Wildman–Crippen LogP) is 8.31. The van der Waals surface area contributed by atoms with Gasteiger partial charge in [0.2, 0.25) is 0 Å². The summed E-state index contributed by atoms with van der Waals surface area (Å²) in [4.78, 5) is 0. The van der Waals surface area contributed by atoms with Gasteiger partial charge in [-0.05, 0) is 10.4 Å². The van der Waals surface area contributed by atoms with Crippen LogP contribution in [0.25, 0.3) is 0 Å². The summed E-state index contributed by atoms with van der Waals surface area (Å²) in [5.74, 6) is 1.42. The third kappa shape index (κ3) is 5.57. The van der Waals surface area contributed by atoms with E-state index in [4.69, 9.17) is 22.2 Å². The van der Waals surface area contributed by atoms with Crippen LogP contribution in [0.5, 0.6) is 0 Å². The summed E-state index contributed by atoms with van der Waals surface area (Å²) >= 11 is 12.4. The van der Waals surface area contributed by atoms with E-state index in [1.54, 1.807) is 33.4 Å². The summed E-state index contributed by atoms with van der Waals surface area (Å²) in [7, 11) is 0. The van der Waals surface area contributed by atoms with Gasteiger partial charge in [-0.15, -0.1) is 22.2 Å². The monoisotopic (exact) mass is 584 g/mol. The number of benzene rings is 2. The Labute approximate surface area is 228 Å². The maximum atomic E-state index is 6.49. The van der Waals surface area contributed by atoms with Crippen LogP contribution in [-0.2, 0) is 23.2 Å². The van der Waals surface area contributed by atoms with Crippen molar-refractivity contribution in [3.8, 4) is 0 Å². The fraction of sp³-hybridized carbons (Fsp3) is 0.333. The molecule has 34 heavy (non-hydrogen) atoms. The van der Waals surface area contributed by atoms with E-state index in [2.05, 4.69) is 55.4 Å². The van der Waals surface area contributed by atoms with E-state index in [1.165, 1.54) is 0 Å². The molecule has 0 saturated carbocycles. The standard InChI is InChI=1S/C12H10Cl2Si.2C9H13.Zr/c13-15(14,11-7-3-1-4-8-11)12-9-5-2-6-10-12;2*1-6-5-7(2)9(4)8(6)3;/h1-10H;2*6H,1-4H3;. The van der Waals surface area contributed by atoms with Gasteiger partial charge in [0.15, 0.2) is 0 Å². The van der Waals surface area contributed by atoms with Gasteiger partial charge >= 0.3 is 137 Å². The van der Waals surface area contributed by atoms with Crippen LogP contribution >= 0.6 is 22.2 Å². The van der Waals surface area contributed by atoms with Crippen LogP contribution in [0, 0.1) is 11.8 Å². The van der Waals surface area contributed by atoms with Crippen LogP contribution in [0.1, 0.15) is 55.4 Å². The maximum absolute atomic E-state index is 6.49. The van der Waals surface area contributed by atoms with Crippen molar-refractivity contribution in [1.29, 1.82) is 0 Å². The molecular formula is C30H36Cl2SiZr. The van der Waals surface area contributed by atoms with Crippen LogP contribution in [0.3, 0.4) is 0 Å². The maximum Gasteiger partial charge on any atom is 0.310 e. The fourth-order valence-corrected chi connectivity index (χ4v) is 12.5. The first-order valence-electron chi connectivity index (χ1n) is 12.0. The van der Waals surface area contributed by atoms with Crippen molar-refractivity contribution in [3.05, 3.63) is 101 Å². The minimum absolute atomic E-state index is 0.601. The second kappa shape index (κ2) is 11.4. The van der Waals surface area contributed by atoms with Crippen molar-refractivity contribution in [2.24, 2.45) is 11.8 Å². The molecule has 178 valence electrons. The first-order valence-corrected chi connectivity index (χ1v) is 18.5. The quantitative estimate of drug-likeness (QED) is 0.250. The summed E-state index contributed by atoms with van der Waals surface area (Å²) in [6, 6.07) is 19.7. The summed E-state index contributed by atoms with van der Waals surface area (Å²) < 4.78 is 3.64. The first-order chi connectivity index (χ1) is 16.0. The van der Waals surface area contributed by atoms with Crippen LogP contribution in [0.4, 0.5) is 0 Å². The summed E-state index contributed by atoms with van der Waals surface area (Å²) in [6.45, 7) is 16.3. The predicted molar refractivity (Wildman–Crippen MR) is 150 cm³/mol. The molecule has 0 N–H and O–H groups in total. The Morgan fingerprint density at radius 1 is 0.559 bits per heavy atom. The van der Waals surface area contributed by atoms with Gasteiger partial charge in [-0.1, -0.05) is 60.7 Å². The number of allylic oxidation sites excluding steroid dienone is 8. The van der Waals surface area contributed by atoms with Gasteiger partial charge in [0.25, 0.3) is 0 Å². The van der Waals surface area contributed by atoms with Gasteiger partial charge in [-0.25, -0.2) is 0 Å². The normalized spacial score (nSPS) is 20.8. The minimum Gasteiger partial charge on any atom is -0.134 e. The SMILES string of the molecule is CC1=C(C)C(C)[C]([Zr][C]2=C(C)C(C)=C(C)C2C)=C1C.Cl[Si](Cl)(c1ccccc1)c1ccccc1. The largest absolute Gasteiger partial charge is 0.310 e. The van der Waals surface area contributed by atoms with Gasteiger partial charge in [0, 0.05) is 0 Å². The number of hydrogen-bond acceptors (Lipinski definition) is 0. The Hall–Kier alpha value is -0.920. The molecule has 0 fully saturated rings. The molecule has 2 aliphatic carbocycles. The van der Waals surface area contributed by atoms with Gasteiger partial charge in [0.05, 0.1) is 0 Å². The molecule has 2 atom stereocenters. The zero-order chi connectivity index (χ0) is 25.2. The van der Waals surface area contributed by atoms with Crippen LogP contribution < -0.4 is 10.4 Å². The fourth-order valence-electron chi connectivity index (χ4n) is 4.74. The molecule has 4 heteroatoms. The van der Waals surface area contributed by atoms with Crippen molar-refractivity contribution in [2.45, 2.75) is 55.4 Å². The topological polar surface area (TPSA) is 0 Å². The number of hydrogen-bond donors (Lipinski definition) is 0. The van der Waals surface area contributed by atoms with Crippen molar-refractivity contribution < 1.29 is 23.2 Å². The molecule has 0 saturated heterocycles. The van der Waals surface area contributed by atoms with Crippen molar-refractivity contribution in [2.75, 3.05) is 0 Å². The second-order valence-electron chi connectivity index (χ2n) is 9.57. The van der Waals surface area contributed by atoms with E-state index in [-0.39, 0.29) is 0 Å². The van der Waals surface area contributed by atoms with E-state index in [0.717, 1.165) is 10.4 Å². The Morgan fingerprint density at radius 2 is 0.882 bits per heavy atom. The van der Waals surface area contributed by atoms with Crippen LogP contribution in [0.2, 0.25) is 0 Å². The van der Waals surface area contributed by atoms with E-state index in [0.29, 0.717) is 11.8 Å². The molecule has 2 aromatic rings. The minimum atomic E-state index is -2.51. The van der Waals surface area contributed by atoms with Gasteiger partial charge in [-0.3, -0.25) is 0 Å². The second-order valence-corrected chi connectivity index (χ2v) is 19.1. The molecule has 0 aliphatic heterocycles. The van der Waals surface area contributed by atoms with Crippen molar-refractivity contribution >= 4 is 39.2 Å². The van der Waals surface area contributed by atoms with E-state index in [1.807, 2.05) is 67.2 Å². The molecule has 0 nitrogen and oxygen atoms in total. The third-order valence-electron chi connectivity index (χ3n) is 7.82. The number of halogens is 2. The number of rotatable bonds is 4. The molecule has 0 radical (unpaired) electrons. The van der Waals surface area contributed by atoms with Gasteiger partial charge < -0.3 is 0 Å². The van der Waals surface area contributed by atoms with Crippen molar-refractivity contribution in [3.63, 3.8) is 0 Å². The molecule has 0 bridgehead atoms. The molecule has 2 unspecified atom stereocenters. The van der Waals surface area contributed by atoms with E-state index >= 15 is 0 Å². The molecule has 0 amide bonds. The van der Waals surface area contributed by atoms with Gasteiger partial charge in [-0.2, -0.15) is 0 Å². The zero-order valence-corrected chi connectivity index (χ0v) is 26.7. The molecular weight excluding hydrogens is 551 g/mol. The molecule has 0 heterocycles. The Bertz CT molecular complexity index is 1080. The van der Waals surface area contributed by atoms with E-state index < -0.39 is 29.9 Å². The average molecular weight is 587 g/mol. The molecule has 2 aliphatic rings. The zero-order valence-electron chi connectivity index (χ0n) is 21.7. The molecule has 0 spiro atoms. The van der Waals surface area contributed by atoms with Gasteiger partial charge in [0.1, 0.15) is 0 Å². The van der Waals surface area contributed by atoms with E-state index in [9.17, 15) is 0 Å². The third-order valence-corrected chi connectivity index (χ3v) is 17.9. The van der Waals surface area contributed by atoms with Crippen LogP contribution in [-0.4, -0.2) is 6.69 Å². The van der Waals surface area contributed by atoms with Crippen molar-refractivity contribution in [1.82, 2.24) is 0 Å². The summed E-state index contributed by atoms with van der Waals surface area (Å²) in [5, 5.41) is 2.05. The molecule has 2 aromatic carbocycles. The van der Waals surface area contributed by atoms with Crippen LogP contribution in [0.15, 0.2) is 101 Å². The smallest absolute Gasteiger partial charge is 0.134 e. The molecule has 4 rings (SSSR count). The first kappa shape index (κ1) is 27.7. The summed E-state index contributed by atoms with van der Waals surface area (Å²) in [5.41, 5.74) is 9.58. The Kier molecular flexibility index (Phi) is 9.30. The molecule has 0 aromatic heterocycles. The Balaban J connectivity index is 0.000000196. The Morgan fingerprint density at radius 3 is 1.15 bits per heavy atom. The average Bonchev–Trinajstić information content (AvgIpc) is 3.15. The summed E-state index contributed by atoms with van der Waals surface area (Å²) in [6.07, 6.45) is 0.